The maximum atomic E-state index is 12.0. The van der Waals surface area contributed by atoms with Gasteiger partial charge in [0.15, 0.2) is 0 Å². The fraction of sp³-hybridized carbons (Fsp3) is 0.588. The van der Waals surface area contributed by atoms with Gasteiger partial charge in [-0.25, -0.2) is 0 Å². The molecule has 0 radical (unpaired) electrons. The number of carbonyl (C=O) groups excluding carboxylic acids is 1. The molecule has 0 fully saturated rings. The van der Waals surface area contributed by atoms with Gasteiger partial charge in [-0.3, -0.25) is 4.79 Å². The minimum Gasteiger partial charge on any atom is -0.491 e. The molecule has 1 rings (SSSR count). The van der Waals surface area contributed by atoms with Crippen LogP contribution in [-0.2, 0) is 4.79 Å². The predicted molar refractivity (Wildman–Crippen MR) is 86.3 cm³/mol. The first kappa shape index (κ1) is 17.5. The zero-order chi connectivity index (χ0) is 15.8. The summed E-state index contributed by atoms with van der Waals surface area (Å²) in [6.07, 6.45) is 2.92. The molecule has 0 aliphatic rings. The van der Waals surface area contributed by atoms with Gasteiger partial charge in [0.05, 0.1) is 18.2 Å². The number of nitrogens with two attached hydrogens (primary N) is 1. The highest BCUT2D eigenvalue weighted by Gasteiger charge is 2.16. The number of rotatable bonds is 8. The van der Waals surface area contributed by atoms with Crippen molar-refractivity contribution in [2.45, 2.75) is 65.1 Å². The first-order chi connectivity index (χ1) is 9.93. The van der Waals surface area contributed by atoms with E-state index in [0.29, 0.717) is 0 Å². The monoisotopic (exact) mass is 292 g/mol. The molecule has 2 unspecified atom stereocenters. The molecule has 3 N–H and O–H groups in total. The van der Waals surface area contributed by atoms with Crippen molar-refractivity contribution in [1.82, 2.24) is 5.32 Å². The van der Waals surface area contributed by atoms with Crippen molar-refractivity contribution >= 4 is 5.91 Å². The van der Waals surface area contributed by atoms with Crippen LogP contribution in [0.25, 0.3) is 0 Å². The van der Waals surface area contributed by atoms with E-state index in [1.807, 2.05) is 45.0 Å². The second-order valence-corrected chi connectivity index (χ2v) is 5.71. The van der Waals surface area contributed by atoms with Gasteiger partial charge < -0.3 is 15.8 Å². The van der Waals surface area contributed by atoms with Gasteiger partial charge in [0, 0.05) is 0 Å². The summed E-state index contributed by atoms with van der Waals surface area (Å²) in [5, 5.41) is 2.96. The summed E-state index contributed by atoms with van der Waals surface area (Å²) in [7, 11) is 0. The number of unbranched alkanes of at least 4 members (excludes halogenated alkanes) is 1. The lowest BCUT2D eigenvalue weighted by atomic mass is 10.1. The van der Waals surface area contributed by atoms with Crippen LogP contribution in [0.1, 0.15) is 58.6 Å². The number of carbonyl (C=O) groups is 1. The topological polar surface area (TPSA) is 64.4 Å². The van der Waals surface area contributed by atoms with E-state index in [1.165, 1.54) is 0 Å². The van der Waals surface area contributed by atoms with E-state index in [2.05, 4.69) is 12.2 Å². The number of benzene rings is 1. The summed E-state index contributed by atoms with van der Waals surface area (Å²) in [5.41, 5.74) is 6.92. The summed E-state index contributed by atoms with van der Waals surface area (Å²) < 4.78 is 5.61. The first-order valence-electron chi connectivity index (χ1n) is 7.76. The minimum absolute atomic E-state index is 0.0572. The van der Waals surface area contributed by atoms with Crippen molar-refractivity contribution in [2.75, 3.05) is 0 Å². The van der Waals surface area contributed by atoms with Crippen molar-refractivity contribution in [1.29, 1.82) is 0 Å². The smallest absolute Gasteiger partial charge is 0.237 e. The van der Waals surface area contributed by atoms with E-state index in [1.54, 1.807) is 0 Å². The molecule has 4 heteroatoms. The summed E-state index contributed by atoms with van der Waals surface area (Å²) in [6.45, 7) is 8.04. The second kappa shape index (κ2) is 8.67. The summed E-state index contributed by atoms with van der Waals surface area (Å²) in [4.78, 5) is 12.0. The molecular formula is C17H28N2O2. The fourth-order valence-corrected chi connectivity index (χ4v) is 2.07. The largest absolute Gasteiger partial charge is 0.491 e. The molecule has 1 aromatic carbocycles. The predicted octanol–water partition coefficient (Wildman–Crippen LogP) is 3.17. The second-order valence-electron chi connectivity index (χ2n) is 5.71. The Kier molecular flexibility index (Phi) is 7.23. The summed E-state index contributed by atoms with van der Waals surface area (Å²) in [5.74, 6) is 0.755. The number of nitrogens with one attached hydrogen (secondary N) is 1. The van der Waals surface area contributed by atoms with E-state index in [-0.39, 0.29) is 18.1 Å². The molecule has 2 atom stereocenters. The lowest BCUT2D eigenvalue weighted by Gasteiger charge is -2.18. The van der Waals surface area contributed by atoms with Gasteiger partial charge in [-0.2, -0.15) is 0 Å². The van der Waals surface area contributed by atoms with E-state index in [4.69, 9.17) is 10.5 Å². The van der Waals surface area contributed by atoms with Crippen molar-refractivity contribution in [3.8, 4) is 5.75 Å². The van der Waals surface area contributed by atoms with Gasteiger partial charge in [0.2, 0.25) is 5.91 Å². The molecule has 4 nitrogen and oxygen atoms in total. The van der Waals surface area contributed by atoms with E-state index in [0.717, 1.165) is 30.6 Å². The van der Waals surface area contributed by atoms with Crippen LogP contribution in [0.5, 0.6) is 5.75 Å². The normalized spacial score (nSPS) is 13.8. The first-order valence-corrected chi connectivity index (χ1v) is 7.76. The molecular weight excluding hydrogens is 264 g/mol. The molecule has 0 bridgehead atoms. The van der Waals surface area contributed by atoms with E-state index in [9.17, 15) is 4.79 Å². The molecule has 118 valence electrons. The Morgan fingerprint density at radius 1 is 1.24 bits per heavy atom. The fourth-order valence-electron chi connectivity index (χ4n) is 2.07. The van der Waals surface area contributed by atoms with Crippen LogP contribution in [0.2, 0.25) is 0 Å². The van der Waals surface area contributed by atoms with Crippen molar-refractivity contribution in [3.05, 3.63) is 29.8 Å². The van der Waals surface area contributed by atoms with Crippen LogP contribution >= 0.6 is 0 Å². The van der Waals surface area contributed by atoms with Gasteiger partial charge in [-0.15, -0.1) is 0 Å². The number of hydrogen-bond acceptors (Lipinski definition) is 3. The molecule has 0 saturated carbocycles. The van der Waals surface area contributed by atoms with Gasteiger partial charge in [0.1, 0.15) is 5.75 Å². The highest BCUT2D eigenvalue weighted by Crippen LogP contribution is 2.18. The molecule has 0 spiro atoms. The van der Waals surface area contributed by atoms with Gasteiger partial charge in [0.25, 0.3) is 0 Å². The maximum Gasteiger partial charge on any atom is 0.237 e. The molecule has 0 aliphatic heterocycles. The summed E-state index contributed by atoms with van der Waals surface area (Å²) >= 11 is 0. The molecule has 0 aliphatic carbocycles. The average molecular weight is 292 g/mol. The third-order valence-corrected chi connectivity index (χ3v) is 3.32. The molecule has 0 saturated heterocycles. The van der Waals surface area contributed by atoms with Crippen LogP contribution in [0.15, 0.2) is 24.3 Å². The standard InChI is InChI=1S/C17H28N2O2/c1-5-6-7-16(18)17(20)19-13(4)14-8-10-15(11-9-14)21-12(2)3/h8-13,16H,5-7,18H2,1-4H3,(H,19,20). The van der Waals surface area contributed by atoms with Crippen LogP contribution in [-0.4, -0.2) is 18.1 Å². The van der Waals surface area contributed by atoms with E-state index >= 15 is 0 Å². The Morgan fingerprint density at radius 2 is 1.86 bits per heavy atom. The van der Waals surface area contributed by atoms with Crippen LogP contribution in [0.4, 0.5) is 0 Å². The number of hydrogen-bond donors (Lipinski definition) is 2. The Hall–Kier alpha value is -1.55. The lowest BCUT2D eigenvalue weighted by molar-refractivity contribution is -0.123. The highest BCUT2D eigenvalue weighted by molar-refractivity contribution is 5.81. The average Bonchev–Trinajstić information content (AvgIpc) is 2.44. The Morgan fingerprint density at radius 3 is 2.38 bits per heavy atom. The zero-order valence-corrected chi connectivity index (χ0v) is 13.6. The lowest BCUT2D eigenvalue weighted by Crippen LogP contribution is -2.41. The molecule has 1 amide bonds. The Balaban J connectivity index is 2.54. The molecule has 1 aromatic rings. The van der Waals surface area contributed by atoms with Crippen molar-refractivity contribution < 1.29 is 9.53 Å². The number of ether oxygens (including phenoxy) is 1. The molecule has 0 heterocycles. The van der Waals surface area contributed by atoms with Gasteiger partial charge in [-0.05, 0) is 44.9 Å². The van der Waals surface area contributed by atoms with Crippen LogP contribution in [0, 0.1) is 0 Å². The van der Waals surface area contributed by atoms with Crippen molar-refractivity contribution in [2.24, 2.45) is 5.73 Å². The maximum absolute atomic E-state index is 12.0. The summed E-state index contributed by atoms with van der Waals surface area (Å²) in [6, 6.07) is 7.32. The quantitative estimate of drug-likeness (QED) is 0.773. The van der Waals surface area contributed by atoms with Crippen LogP contribution in [0.3, 0.4) is 0 Å². The van der Waals surface area contributed by atoms with Crippen LogP contribution < -0.4 is 15.8 Å². The third-order valence-electron chi connectivity index (χ3n) is 3.32. The Bertz CT molecular complexity index is 429. The van der Waals surface area contributed by atoms with Gasteiger partial charge in [-0.1, -0.05) is 31.9 Å². The minimum atomic E-state index is -0.420. The van der Waals surface area contributed by atoms with E-state index < -0.39 is 6.04 Å². The van der Waals surface area contributed by atoms with Crippen molar-refractivity contribution in [3.63, 3.8) is 0 Å². The highest BCUT2D eigenvalue weighted by atomic mass is 16.5. The Labute approximate surface area is 128 Å². The SMILES string of the molecule is CCCCC(N)C(=O)NC(C)c1ccc(OC(C)C)cc1. The number of amides is 1. The third kappa shape index (κ3) is 6.17. The molecule has 0 aromatic heterocycles. The molecule has 21 heavy (non-hydrogen) atoms. The van der Waals surface area contributed by atoms with Gasteiger partial charge >= 0.3 is 0 Å². The zero-order valence-electron chi connectivity index (χ0n) is 13.6.